The van der Waals surface area contributed by atoms with Gasteiger partial charge in [-0.25, -0.2) is 13.2 Å². The van der Waals surface area contributed by atoms with Gasteiger partial charge in [-0.05, 0) is 42.8 Å². The highest BCUT2D eigenvalue weighted by atomic mass is 32.2. The first kappa shape index (κ1) is 23.9. The third-order valence-corrected chi connectivity index (χ3v) is 7.28. The number of anilines is 2. The summed E-state index contributed by atoms with van der Waals surface area (Å²) >= 11 is 0. The van der Waals surface area contributed by atoms with Crippen LogP contribution in [0.5, 0.6) is 0 Å². The Bertz CT molecular complexity index is 1050. The molecule has 0 spiro atoms. The molecule has 2 N–H and O–H groups in total. The molecule has 0 radical (unpaired) electrons. The van der Waals surface area contributed by atoms with Crippen molar-refractivity contribution in [3.05, 3.63) is 48.0 Å². The van der Waals surface area contributed by atoms with E-state index in [0.29, 0.717) is 6.42 Å². The molecule has 0 aliphatic carbocycles. The third-order valence-electron chi connectivity index (χ3n) is 3.99. The molecule has 2 amide bonds. The summed E-state index contributed by atoms with van der Waals surface area (Å²) in [5.74, 6) is 0.129. The molecule has 164 valence electrons. The van der Waals surface area contributed by atoms with Gasteiger partial charge in [0, 0.05) is 11.4 Å². The van der Waals surface area contributed by atoms with Crippen LogP contribution in [0, 0.1) is 0 Å². The van der Waals surface area contributed by atoms with E-state index in [4.69, 9.17) is 0 Å². The summed E-state index contributed by atoms with van der Waals surface area (Å²) in [5, 5.41) is 4.67. The number of urea groups is 1. The van der Waals surface area contributed by atoms with E-state index in [1.165, 1.54) is 24.3 Å². The zero-order chi connectivity index (χ0) is 22.5. The van der Waals surface area contributed by atoms with Crippen molar-refractivity contribution in [1.29, 1.82) is 0 Å². The van der Waals surface area contributed by atoms with Gasteiger partial charge in [-0.2, -0.15) is 13.2 Å². The highest BCUT2D eigenvalue weighted by Crippen LogP contribution is 2.31. The maximum absolute atomic E-state index is 12.8. The van der Waals surface area contributed by atoms with Crippen molar-refractivity contribution in [2.45, 2.75) is 36.2 Å². The van der Waals surface area contributed by atoms with E-state index in [0.717, 1.165) is 18.2 Å². The average Bonchev–Trinajstić information content (AvgIpc) is 2.66. The Kier molecular flexibility index (Phi) is 7.64. The molecule has 0 saturated heterocycles. The molecule has 0 saturated carbocycles. The van der Waals surface area contributed by atoms with Crippen LogP contribution in [0.2, 0.25) is 0 Å². The van der Waals surface area contributed by atoms with Gasteiger partial charge < -0.3 is 10.6 Å². The Morgan fingerprint density at radius 2 is 1.77 bits per heavy atom. The first-order chi connectivity index (χ1) is 14.0. The van der Waals surface area contributed by atoms with Crippen LogP contribution in [0.25, 0.3) is 0 Å². The Balaban J connectivity index is 2.33. The Morgan fingerprint density at radius 3 is 2.37 bits per heavy atom. The van der Waals surface area contributed by atoms with Gasteiger partial charge in [0.2, 0.25) is 0 Å². The van der Waals surface area contributed by atoms with Crippen LogP contribution >= 0.6 is 0 Å². The number of nitrogens with one attached hydrogen (secondary N) is 2. The number of halogens is 3. The minimum absolute atomic E-state index is 0.0110. The predicted octanol–water partition coefficient (Wildman–Crippen LogP) is 4.66. The number of sulfone groups is 1. The van der Waals surface area contributed by atoms with Crippen molar-refractivity contribution in [1.82, 2.24) is 0 Å². The van der Waals surface area contributed by atoms with E-state index >= 15 is 0 Å². The van der Waals surface area contributed by atoms with Crippen molar-refractivity contribution in [2.24, 2.45) is 0 Å². The second-order valence-corrected chi connectivity index (χ2v) is 10.1. The minimum atomic E-state index is -4.57. The monoisotopic (exact) mass is 462 g/mol. The molecule has 11 heteroatoms. The zero-order valence-corrected chi connectivity index (χ0v) is 17.9. The molecule has 1 atom stereocenters. The van der Waals surface area contributed by atoms with Crippen LogP contribution in [0.15, 0.2) is 52.3 Å². The normalized spacial score (nSPS) is 13.0. The molecule has 0 bridgehead atoms. The first-order valence-electron chi connectivity index (χ1n) is 8.98. The molecule has 0 fully saturated rings. The molecule has 30 heavy (non-hydrogen) atoms. The lowest BCUT2D eigenvalue weighted by atomic mass is 10.2. The van der Waals surface area contributed by atoms with Crippen LogP contribution < -0.4 is 10.6 Å². The van der Waals surface area contributed by atoms with Crippen molar-refractivity contribution < 1.29 is 30.6 Å². The number of hydrogen-bond acceptors (Lipinski definition) is 4. The second kappa shape index (κ2) is 9.61. The van der Waals surface area contributed by atoms with Gasteiger partial charge in [0.05, 0.1) is 37.6 Å². The SMILES string of the molecule is CCCS(=O)(=O)c1ccc(S(=O)CC)c(NC(=O)Nc2cccc(C(F)(F)F)c2)c1. The molecule has 6 nitrogen and oxygen atoms in total. The van der Waals surface area contributed by atoms with Gasteiger partial charge in [0.15, 0.2) is 9.84 Å². The summed E-state index contributed by atoms with van der Waals surface area (Å²) in [4.78, 5) is 12.5. The van der Waals surface area contributed by atoms with E-state index in [-0.39, 0.29) is 32.7 Å². The molecular weight excluding hydrogens is 441 g/mol. The lowest BCUT2D eigenvalue weighted by Crippen LogP contribution is -2.21. The van der Waals surface area contributed by atoms with Crippen LogP contribution in [0.1, 0.15) is 25.8 Å². The van der Waals surface area contributed by atoms with E-state index < -0.39 is 38.4 Å². The summed E-state index contributed by atoms with van der Waals surface area (Å²) in [6.07, 6.45) is -4.18. The molecule has 1 unspecified atom stereocenters. The predicted molar refractivity (Wildman–Crippen MR) is 110 cm³/mol. The van der Waals surface area contributed by atoms with Gasteiger partial charge in [0.25, 0.3) is 0 Å². The molecule has 2 rings (SSSR count). The highest BCUT2D eigenvalue weighted by molar-refractivity contribution is 7.91. The van der Waals surface area contributed by atoms with Crippen LogP contribution in [-0.2, 0) is 26.8 Å². The Hall–Kier alpha value is -2.40. The number of hydrogen-bond donors (Lipinski definition) is 2. The fourth-order valence-corrected chi connectivity index (χ4v) is 4.83. The number of carbonyl (C=O) groups excluding carboxylic acids is 1. The molecular formula is C19H21F3N2O4S2. The Labute approximate surface area is 175 Å². The number of benzene rings is 2. The van der Waals surface area contributed by atoms with Gasteiger partial charge in [-0.3, -0.25) is 4.21 Å². The quantitative estimate of drug-likeness (QED) is 0.626. The summed E-state index contributed by atoms with van der Waals surface area (Å²) in [6.45, 7) is 3.37. The van der Waals surface area contributed by atoms with Gasteiger partial charge in [-0.1, -0.05) is 19.9 Å². The number of rotatable bonds is 7. The number of alkyl halides is 3. The first-order valence-corrected chi connectivity index (χ1v) is 12.0. The van der Waals surface area contributed by atoms with Crippen molar-refractivity contribution in [2.75, 3.05) is 22.1 Å². The molecule has 0 aliphatic rings. The second-order valence-electron chi connectivity index (χ2n) is 6.27. The Morgan fingerprint density at radius 1 is 1.07 bits per heavy atom. The molecule has 0 heterocycles. The largest absolute Gasteiger partial charge is 0.416 e. The fourth-order valence-electron chi connectivity index (χ4n) is 2.60. The van der Waals surface area contributed by atoms with Gasteiger partial charge >= 0.3 is 12.2 Å². The molecule has 0 aromatic heterocycles. The summed E-state index contributed by atoms with van der Waals surface area (Å²) < 4.78 is 75.4. The summed E-state index contributed by atoms with van der Waals surface area (Å²) in [6, 6.07) is 7.07. The van der Waals surface area contributed by atoms with Crippen molar-refractivity contribution >= 4 is 38.0 Å². The van der Waals surface area contributed by atoms with Gasteiger partial charge in [0.1, 0.15) is 0 Å². The molecule has 2 aromatic rings. The smallest absolute Gasteiger partial charge is 0.308 e. The maximum Gasteiger partial charge on any atom is 0.416 e. The zero-order valence-electron chi connectivity index (χ0n) is 16.2. The summed E-state index contributed by atoms with van der Waals surface area (Å²) in [7, 11) is -5.10. The van der Waals surface area contributed by atoms with E-state index in [9.17, 15) is 30.6 Å². The van der Waals surface area contributed by atoms with E-state index in [1.54, 1.807) is 13.8 Å². The third kappa shape index (κ3) is 6.05. The summed E-state index contributed by atoms with van der Waals surface area (Å²) in [5.41, 5.74) is -1.02. The van der Waals surface area contributed by atoms with Crippen LogP contribution in [0.3, 0.4) is 0 Å². The van der Waals surface area contributed by atoms with Crippen molar-refractivity contribution in [3.8, 4) is 0 Å². The number of carbonyl (C=O) groups is 1. The number of amides is 2. The minimum Gasteiger partial charge on any atom is -0.308 e. The molecule has 2 aromatic carbocycles. The van der Waals surface area contributed by atoms with E-state index in [2.05, 4.69) is 10.6 Å². The standard InChI is InChI=1S/C19H21F3N2O4S2/c1-3-10-30(27,28)15-8-9-17(29(26)4-2)16(12-15)24-18(25)23-14-7-5-6-13(11-14)19(20,21)22/h5-9,11-12H,3-4,10H2,1-2H3,(H2,23,24,25). The highest BCUT2D eigenvalue weighted by Gasteiger charge is 2.30. The maximum atomic E-state index is 12.8. The lowest BCUT2D eigenvalue weighted by Gasteiger charge is -2.14. The van der Waals surface area contributed by atoms with Gasteiger partial charge in [-0.15, -0.1) is 0 Å². The van der Waals surface area contributed by atoms with Crippen LogP contribution in [-0.4, -0.2) is 30.2 Å². The fraction of sp³-hybridized carbons (Fsp3) is 0.316. The van der Waals surface area contributed by atoms with Crippen LogP contribution in [0.4, 0.5) is 29.3 Å². The average molecular weight is 463 g/mol. The lowest BCUT2D eigenvalue weighted by molar-refractivity contribution is -0.137. The topological polar surface area (TPSA) is 92.3 Å². The molecule has 0 aliphatic heterocycles. The van der Waals surface area contributed by atoms with Crippen molar-refractivity contribution in [3.63, 3.8) is 0 Å². The van der Waals surface area contributed by atoms with E-state index in [1.807, 2.05) is 0 Å².